The molecule has 2 rings (SSSR count). The van der Waals surface area contributed by atoms with Crippen molar-refractivity contribution in [2.45, 2.75) is 12.5 Å². The van der Waals surface area contributed by atoms with Gasteiger partial charge in [0.1, 0.15) is 5.82 Å². The molecule has 0 radical (unpaired) electrons. The Hall–Kier alpha value is -1.94. The van der Waals surface area contributed by atoms with Crippen molar-refractivity contribution in [1.29, 1.82) is 0 Å². The molecule has 0 spiro atoms. The van der Waals surface area contributed by atoms with E-state index in [4.69, 9.17) is 4.74 Å². The van der Waals surface area contributed by atoms with Crippen molar-refractivity contribution in [3.63, 3.8) is 0 Å². The summed E-state index contributed by atoms with van der Waals surface area (Å²) in [5, 5.41) is 10.0. The number of methoxy groups -OCH3 is 1. The Labute approximate surface area is 105 Å². The fraction of sp³-hybridized carbons (Fsp3) is 0.214. The SMILES string of the molecule is COc1ccc(C(O)Cc2cccc(F)c2)cn1. The predicted molar refractivity (Wildman–Crippen MR) is 65.9 cm³/mol. The molecule has 18 heavy (non-hydrogen) atoms. The van der Waals surface area contributed by atoms with Crippen molar-refractivity contribution >= 4 is 0 Å². The number of aliphatic hydroxyl groups excluding tert-OH is 1. The van der Waals surface area contributed by atoms with E-state index >= 15 is 0 Å². The number of rotatable bonds is 4. The number of nitrogens with zero attached hydrogens (tertiary/aromatic N) is 1. The first kappa shape index (κ1) is 12.5. The Kier molecular flexibility index (Phi) is 3.89. The summed E-state index contributed by atoms with van der Waals surface area (Å²) in [5.74, 6) is 0.198. The van der Waals surface area contributed by atoms with Crippen molar-refractivity contribution in [3.8, 4) is 5.88 Å². The van der Waals surface area contributed by atoms with E-state index in [1.807, 2.05) is 0 Å². The van der Waals surface area contributed by atoms with Gasteiger partial charge in [-0.2, -0.15) is 0 Å². The molecule has 2 aromatic rings. The molecule has 1 heterocycles. The van der Waals surface area contributed by atoms with Crippen LogP contribution >= 0.6 is 0 Å². The molecule has 0 aliphatic heterocycles. The van der Waals surface area contributed by atoms with Crippen LogP contribution in [-0.4, -0.2) is 17.2 Å². The van der Waals surface area contributed by atoms with E-state index in [0.717, 1.165) is 5.56 Å². The fourth-order valence-electron chi connectivity index (χ4n) is 1.71. The maximum atomic E-state index is 13.0. The average molecular weight is 247 g/mol. The van der Waals surface area contributed by atoms with Crippen molar-refractivity contribution in [2.75, 3.05) is 7.11 Å². The first-order valence-corrected chi connectivity index (χ1v) is 5.61. The molecule has 1 unspecified atom stereocenters. The molecule has 1 aromatic heterocycles. The van der Waals surface area contributed by atoms with Crippen LogP contribution in [0.2, 0.25) is 0 Å². The molecule has 0 amide bonds. The van der Waals surface area contributed by atoms with Gasteiger partial charge in [-0.05, 0) is 29.3 Å². The highest BCUT2D eigenvalue weighted by Crippen LogP contribution is 2.19. The molecule has 1 N–H and O–H groups in total. The second-order valence-electron chi connectivity index (χ2n) is 3.98. The van der Waals surface area contributed by atoms with Gasteiger partial charge in [0, 0.05) is 18.7 Å². The average Bonchev–Trinajstić information content (AvgIpc) is 2.39. The number of halogens is 1. The van der Waals surface area contributed by atoms with Gasteiger partial charge < -0.3 is 9.84 Å². The third-order valence-corrected chi connectivity index (χ3v) is 2.67. The summed E-state index contributed by atoms with van der Waals surface area (Å²) in [7, 11) is 1.53. The predicted octanol–water partition coefficient (Wildman–Crippen LogP) is 2.51. The zero-order valence-electron chi connectivity index (χ0n) is 10.0. The monoisotopic (exact) mass is 247 g/mol. The van der Waals surface area contributed by atoms with Crippen LogP contribution in [0.1, 0.15) is 17.2 Å². The maximum Gasteiger partial charge on any atom is 0.212 e. The summed E-state index contributed by atoms with van der Waals surface area (Å²) in [6.45, 7) is 0. The van der Waals surface area contributed by atoms with Crippen LogP contribution in [0.25, 0.3) is 0 Å². The lowest BCUT2D eigenvalue weighted by atomic mass is 10.0. The Morgan fingerprint density at radius 3 is 2.78 bits per heavy atom. The number of aromatic nitrogens is 1. The molecule has 3 nitrogen and oxygen atoms in total. The number of benzene rings is 1. The van der Waals surface area contributed by atoms with Gasteiger partial charge in [0.05, 0.1) is 13.2 Å². The lowest BCUT2D eigenvalue weighted by molar-refractivity contribution is 0.178. The van der Waals surface area contributed by atoms with Crippen LogP contribution < -0.4 is 4.74 Å². The quantitative estimate of drug-likeness (QED) is 0.902. The Balaban J connectivity index is 2.09. The van der Waals surface area contributed by atoms with Gasteiger partial charge >= 0.3 is 0 Å². The van der Waals surface area contributed by atoms with Crippen LogP contribution in [0.15, 0.2) is 42.6 Å². The molecular formula is C14H14FNO2. The molecule has 0 aliphatic carbocycles. The Bertz CT molecular complexity index is 513. The zero-order valence-corrected chi connectivity index (χ0v) is 10.0. The van der Waals surface area contributed by atoms with Crippen molar-refractivity contribution in [2.24, 2.45) is 0 Å². The molecule has 94 valence electrons. The molecule has 0 aliphatic rings. The van der Waals surface area contributed by atoms with E-state index in [0.29, 0.717) is 17.9 Å². The highest BCUT2D eigenvalue weighted by atomic mass is 19.1. The topological polar surface area (TPSA) is 42.4 Å². The Morgan fingerprint density at radius 1 is 1.33 bits per heavy atom. The third kappa shape index (κ3) is 3.05. The van der Waals surface area contributed by atoms with E-state index < -0.39 is 6.10 Å². The number of pyridine rings is 1. The lowest BCUT2D eigenvalue weighted by Crippen LogP contribution is -2.03. The van der Waals surface area contributed by atoms with Crippen LogP contribution in [0.5, 0.6) is 5.88 Å². The summed E-state index contributed by atoms with van der Waals surface area (Å²) in [5.41, 5.74) is 1.43. The summed E-state index contributed by atoms with van der Waals surface area (Å²) in [6.07, 6.45) is 1.21. The summed E-state index contributed by atoms with van der Waals surface area (Å²) in [4.78, 5) is 4.02. The molecule has 0 fully saturated rings. The van der Waals surface area contributed by atoms with Crippen molar-refractivity contribution < 1.29 is 14.2 Å². The minimum atomic E-state index is -0.704. The minimum absolute atomic E-state index is 0.299. The highest BCUT2D eigenvalue weighted by molar-refractivity contribution is 5.23. The first-order chi connectivity index (χ1) is 8.69. The van der Waals surface area contributed by atoms with Gasteiger partial charge in [0.2, 0.25) is 5.88 Å². The van der Waals surface area contributed by atoms with E-state index in [2.05, 4.69) is 4.98 Å². The van der Waals surface area contributed by atoms with Gasteiger partial charge in [-0.25, -0.2) is 9.37 Å². The van der Waals surface area contributed by atoms with Crippen LogP contribution in [0.3, 0.4) is 0 Å². The highest BCUT2D eigenvalue weighted by Gasteiger charge is 2.09. The maximum absolute atomic E-state index is 13.0. The number of hydrogen-bond acceptors (Lipinski definition) is 3. The molecule has 0 saturated carbocycles. The largest absolute Gasteiger partial charge is 0.481 e. The Morgan fingerprint density at radius 2 is 2.17 bits per heavy atom. The normalized spacial score (nSPS) is 12.2. The summed E-state index contributed by atoms with van der Waals surface area (Å²) in [6, 6.07) is 9.64. The molecule has 0 saturated heterocycles. The molecule has 4 heteroatoms. The van der Waals surface area contributed by atoms with Crippen LogP contribution in [0.4, 0.5) is 4.39 Å². The smallest absolute Gasteiger partial charge is 0.212 e. The van der Waals surface area contributed by atoms with E-state index in [9.17, 15) is 9.50 Å². The van der Waals surface area contributed by atoms with E-state index in [-0.39, 0.29) is 5.82 Å². The first-order valence-electron chi connectivity index (χ1n) is 5.61. The number of aliphatic hydroxyl groups is 1. The van der Waals surface area contributed by atoms with Crippen molar-refractivity contribution in [3.05, 3.63) is 59.5 Å². The molecular weight excluding hydrogens is 233 g/mol. The van der Waals surface area contributed by atoms with Gasteiger partial charge in [-0.15, -0.1) is 0 Å². The summed E-state index contributed by atoms with van der Waals surface area (Å²) < 4.78 is 17.9. The van der Waals surface area contributed by atoms with Crippen LogP contribution in [0, 0.1) is 5.82 Å². The van der Waals surface area contributed by atoms with Gasteiger partial charge in [0.25, 0.3) is 0 Å². The van der Waals surface area contributed by atoms with Gasteiger partial charge in [-0.3, -0.25) is 0 Å². The van der Waals surface area contributed by atoms with E-state index in [1.54, 1.807) is 30.5 Å². The minimum Gasteiger partial charge on any atom is -0.481 e. The molecule has 1 aromatic carbocycles. The van der Waals surface area contributed by atoms with E-state index in [1.165, 1.54) is 19.2 Å². The van der Waals surface area contributed by atoms with Gasteiger partial charge in [-0.1, -0.05) is 12.1 Å². The third-order valence-electron chi connectivity index (χ3n) is 2.67. The number of ether oxygens (including phenoxy) is 1. The molecule has 1 atom stereocenters. The van der Waals surface area contributed by atoms with Gasteiger partial charge in [0.15, 0.2) is 0 Å². The zero-order chi connectivity index (χ0) is 13.0. The number of hydrogen-bond donors (Lipinski definition) is 1. The van der Waals surface area contributed by atoms with Crippen molar-refractivity contribution in [1.82, 2.24) is 4.98 Å². The van der Waals surface area contributed by atoms with Crippen LogP contribution in [-0.2, 0) is 6.42 Å². The molecule has 0 bridgehead atoms. The summed E-state index contributed by atoms with van der Waals surface area (Å²) >= 11 is 0. The lowest BCUT2D eigenvalue weighted by Gasteiger charge is -2.11. The second kappa shape index (κ2) is 5.60. The second-order valence-corrected chi connectivity index (χ2v) is 3.98. The standard InChI is InChI=1S/C14H14FNO2/c1-18-14-6-5-11(9-16-14)13(17)8-10-3-2-4-12(15)7-10/h2-7,9,13,17H,8H2,1H3. The fourth-order valence-corrected chi connectivity index (χ4v) is 1.71.